The average Bonchev–Trinajstić information content (AvgIpc) is 2.81. The molecule has 2 rings (SSSR count). The monoisotopic (exact) mass is 264 g/mol. The van der Waals surface area contributed by atoms with E-state index in [1.165, 1.54) is 6.39 Å². The Morgan fingerprint density at radius 3 is 2.78 bits per heavy atom. The number of hydrogen-bond donors (Lipinski definition) is 1. The molecule has 1 aromatic heterocycles. The molecule has 0 bridgehead atoms. The van der Waals surface area contributed by atoms with Crippen LogP contribution < -0.4 is 5.32 Å². The summed E-state index contributed by atoms with van der Waals surface area (Å²) in [4.78, 5) is 16.1. The van der Waals surface area contributed by atoms with Crippen molar-refractivity contribution in [3.8, 4) is 0 Å². The lowest BCUT2D eigenvalue weighted by molar-refractivity contribution is 0.0995. The third kappa shape index (κ3) is 2.54. The number of para-hydroxylation sites is 1. The summed E-state index contributed by atoms with van der Waals surface area (Å²) in [7, 11) is 0. The second-order valence-electron chi connectivity index (χ2n) is 4.16. The van der Waals surface area contributed by atoms with Gasteiger partial charge in [-0.05, 0) is 18.1 Å². The SMILES string of the molecule is CC(C)c1ncoc1C(=O)Nc1ccccc1Cl. The number of oxazole rings is 1. The van der Waals surface area contributed by atoms with Crippen LogP contribution in [0.3, 0.4) is 0 Å². The Balaban J connectivity index is 2.23. The minimum atomic E-state index is -0.343. The highest BCUT2D eigenvalue weighted by Gasteiger charge is 2.19. The Morgan fingerprint density at radius 2 is 2.11 bits per heavy atom. The highest BCUT2D eigenvalue weighted by Crippen LogP contribution is 2.23. The first-order chi connectivity index (χ1) is 8.59. The lowest BCUT2D eigenvalue weighted by Crippen LogP contribution is -2.14. The van der Waals surface area contributed by atoms with Gasteiger partial charge in [-0.1, -0.05) is 37.6 Å². The van der Waals surface area contributed by atoms with Crippen molar-refractivity contribution in [3.63, 3.8) is 0 Å². The van der Waals surface area contributed by atoms with Gasteiger partial charge in [0.15, 0.2) is 6.39 Å². The van der Waals surface area contributed by atoms with Crippen molar-refractivity contribution in [2.24, 2.45) is 0 Å². The Morgan fingerprint density at radius 1 is 1.39 bits per heavy atom. The van der Waals surface area contributed by atoms with Crippen LogP contribution in [0.15, 0.2) is 35.1 Å². The second kappa shape index (κ2) is 5.23. The lowest BCUT2D eigenvalue weighted by atomic mass is 10.1. The van der Waals surface area contributed by atoms with Crippen LogP contribution in [0, 0.1) is 0 Å². The van der Waals surface area contributed by atoms with Crippen molar-refractivity contribution in [3.05, 3.63) is 47.1 Å². The van der Waals surface area contributed by atoms with Crippen LogP contribution in [0.4, 0.5) is 5.69 Å². The molecule has 0 unspecified atom stereocenters. The van der Waals surface area contributed by atoms with Gasteiger partial charge in [0.2, 0.25) is 5.76 Å². The molecule has 2 aromatic rings. The van der Waals surface area contributed by atoms with E-state index in [4.69, 9.17) is 16.0 Å². The average molecular weight is 265 g/mol. The number of amides is 1. The first kappa shape index (κ1) is 12.6. The minimum Gasteiger partial charge on any atom is -0.438 e. The first-order valence-corrected chi connectivity index (χ1v) is 5.96. The molecule has 1 amide bonds. The number of halogens is 1. The smallest absolute Gasteiger partial charge is 0.293 e. The van der Waals surface area contributed by atoms with Crippen molar-refractivity contribution in [1.82, 2.24) is 4.98 Å². The van der Waals surface area contributed by atoms with Gasteiger partial charge in [0.05, 0.1) is 16.4 Å². The quantitative estimate of drug-likeness (QED) is 0.919. The molecule has 0 aliphatic rings. The van der Waals surface area contributed by atoms with Gasteiger partial charge >= 0.3 is 0 Å². The Kier molecular flexibility index (Phi) is 3.67. The fourth-order valence-electron chi connectivity index (χ4n) is 1.58. The summed E-state index contributed by atoms with van der Waals surface area (Å²) >= 11 is 5.97. The molecular weight excluding hydrogens is 252 g/mol. The van der Waals surface area contributed by atoms with Crippen molar-refractivity contribution in [2.75, 3.05) is 5.32 Å². The number of hydrogen-bond acceptors (Lipinski definition) is 3. The standard InChI is InChI=1S/C13H13ClN2O2/c1-8(2)11-12(18-7-15-11)13(17)16-10-6-4-3-5-9(10)14/h3-8H,1-2H3,(H,16,17). The van der Waals surface area contributed by atoms with Crippen LogP contribution in [-0.2, 0) is 0 Å². The van der Waals surface area contributed by atoms with Crippen molar-refractivity contribution >= 4 is 23.2 Å². The van der Waals surface area contributed by atoms with E-state index >= 15 is 0 Å². The van der Waals surface area contributed by atoms with Crippen LogP contribution in [0.5, 0.6) is 0 Å². The summed E-state index contributed by atoms with van der Waals surface area (Å²) in [5, 5.41) is 3.19. The van der Waals surface area contributed by atoms with Crippen molar-refractivity contribution in [1.29, 1.82) is 0 Å². The number of nitrogens with zero attached hydrogens (tertiary/aromatic N) is 1. The number of rotatable bonds is 3. The fraction of sp³-hybridized carbons (Fsp3) is 0.231. The Hall–Kier alpha value is -1.81. The minimum absolute atomic E-state index is 0.121. The Bertz CT molecular complexity index is 564. The van der Waals surface area contributed by atoms with Gasteiger partial charge in [-0.25, -0.2) is 4.98 Å². The highest BCUT2D eigenvalue weighted by atomic mass is 35.5. The number of nitrogens with one attached hydrogen (secondary N) is 1. The molecule has 1 aromatic carbocycles. The summed E-state index contributed by atoms with van der Waals surface area (Å²) in [6, 6.07) is 7.03. The van der Waals surface area contributed by atoms with Crippen LogP contribution in [-0.4, -0.2) is 10.9 Å². The summed E-state index contributed by atoms with van der Waals surface area (Å²) in [5.41, 5.74) is 1.19. The number of carbonyl (C=O) groups excluding carboxylic acids is 1. The van der Waals surface area contributed by atoms with Crippen LogP contribution in [0.2, 0.25) is 5.02 Å². The molecule has 18 heavy (non-hydrogen) atoms. The molecule has 0 atom stereocenters. The van der Waals surface area contributed by atoms with E-state index in [9.17, 15) is 4.79 Å². The molecule has 0 saturated heterocycles. The number of aromatic nitrogens is 1. The van der Waals surface area contributed by atoms with Crippen LogP contribution in [0.25, 0.3) is 0 Å². The summed E-state index contributed by atoms with van der Waals surface area (Å²) in [6.45, 7) is 3.90. The first-order valence-electron chi connectivity index (χ1n) is 5.59. The lowest BCUT2D eigenvalue weighted by Gasteiger charge is -2.07. The maximum Gasteiger partial charge on any atom is 0.293 e. The molecule has 0 spiro atoms. The van der Waals surface area contributed by atoms with Gasteiger partial charge in [-0.3, -0.25) is 4.79 Å². The molecule has 0 radical (unpaired) electrons. The summed E-state index contributed by atoms with van der Waals surface area (Å²) < 4.78 is 5.13. The fourth-order valence-corrected chi connectivity index (χ4v) is 1.76. The third-order valence-corrected chi connectivity index (χ3v) is 2.80. The molecule has 1 heterocycles. The number of benzene rings is 1. The predicted octanol–water partition coefficient (Wildman–Crippen LogP) is 3.70. The molecule has 0 fully saturated rings. The maximum absolute atomic E-state index is 12.0. The van der Waals surface area contributed by atoms with E-state index in [1.807, 2.05) is 13.8 Å². The predicted molar refractivity (Wildman–Crippen MR) is 70.0 cm³/mol. The second-order valence-corrected chi connectivity index (χ2v) is 4.56. The maximum atomic E-state index is 12.0. The largest absolute Gasteiger partial charge is 0.438 e. The van der Waals surface area contributed by atoms with Crippen molar-refractivity contribution < 1.29 is 9.21 Å². The van der Waals surface area contributed by atoms with Gasteiger partial charge in [0, 0.05) is 0 Å². The van der Waals surface area contributed by atoms with Gasteiger partial charge < -0.3 is 9.73 Å². The Labute approximate surface area is 110 Å². The van der Waals surface area contributed by atoms with Gasteiger partial charge in [0.25, 0.3) is 5.91 Å². The molecule has 1 N–H and O–H groups in total. The summed E-state index contributed by atoms with van der Waals surface area (Å²) in [5.74, 6) is 0.00460. The molecule has 94 valence electrons. The number of anilines is 1. The van der Waals surface area contributed by atoms with Crippen molar-refractivity contribution in [2.45, 2.75) is 19.8 Å². The molecular formula is C13H13ClN2O2. The number of carbonyl (C=O) groups is 1. The molecule has 0 aliphatic heterocycles. The molecule has 5 heteroatoms. The zero-order valence-electron chi connectivity index (χ0n) is 10.1. The van der Waals surface area contributed by atoms with Gasteiger partial charge in [0.1, 0.15) is 0 Å². The molecule has 0 saturated carbocycles. The topological polar surface area (TPSA) is 55.1 Å². The van der Waals surface area contributed by atoms with E-state index in [0.717, 1.165) is 0 Å². The summed E-state index contributed by atoms with van der Waals surface area (Å²) in [6.07, 6.45) is 1.27. The zero-order valence-corrected chi connectivity index (χ0v) is 10.9. The van der Waals surface area contributed by atoms with E-state index in [2.05, 4.69) is 10.3 Å². The van der Waals surface area contributed by atoms with E-state index < -0.39 is 0 Å². The van der Waals surface area contributed by atoms with E-state index in [1.54, 1.807) is 24.3 Å². The normalized spacial score (nSPS) is 10.7. The van der Waals surface area contributed by atoms with Crippen LogP contribution >= 0.6 is 11.6 Å². The van der Waals surface area contributed by atoms with Crippen LogP contribution in [0.1, 0.15) is 36.0 Å². The highest BCUT2D eigenvalue weighted by molar-refractivity contribution is 6.33. The van der Waals surface area contributed by atoms with Gasteiger partial charge in [-0.15, -0.1) is 0 Å². The van der Waals surface area contributed by atoms with E-state index in [-0.39, 0.29) is 17.6 Å². The molecule has 4 nitrogen and oxygen atoms in total. The van der Waals surface area contributed by atoms with Gasteiger partial charge in [-0.2, -0.15) is 0 Å². The van der Waals surface area contributed by atoms with E-state index in [0.29, 0.717) is 16.4 Å². The third-order valence-electron chi connectivity index (χ3n) is 2.47. The molecule has 0 aliphatic carbocycles. The zero-order chi connectivity index (χ0) is 13.1.